The van der Waals surface area contributed by atoms with Crippen molar-refractivity contribution in [2.75, 3.05) is 34.4 Å². The molecule has 0 fully saturated rings. The first-order valence-corrected chi connectivity index (χ1v) is 9.75. The molecule has 0 aliphatic carbocycles. The highest BCUT2D eigenvalue weighted by Crippen LogP contribution is 2.27. The minimum Gasteiger partial charge on any atom is -0.477 e. The van der Waals surface area contributed by atoms with E-state index in [2.05, 4.69) is 20.1 Å². The SMILES string of the molecule is CCOc1ncc(C(=O)OC)cc1-c1nc2c(CC)n(CCN(C)C)nc2c(=O)[nH]1. The number of likely N-dealkylation sites (N-methyl/N-ethyl adjacent to an activating group) is 1. The summed E-state index contributed by atoms with van der Waals surface area (Å²) < 4.78 is 12.2. The van der Waals surface area contributed by atoms with Gasteiger partial charge in [-0.2, -0.15) is 5.10 Å². The van der Waals surface area contributed by atoms with Crippen LogP contribution in [0.1, 0.15) is 29.9 Å². The van der Waals surface area contributed by atoms with Crippen molar-refractivity contribution < 1.29 is 14.3 Å². The van der Waals surface area contributed by atoms with Crippen molar-refractivity contribution in [3.05, 3.63) is 33.9 Å². The Morgan fingerprint density at radius 1 is 1.27 bits per heavy atom. The van der Waals surface area contributed by atoms with Gasteiger partial charge in [-0.1, -0.05) is 6.92 Å². The van der Waals surface area contributed by atoms with E-state index < -0.39 is 5.97 Å². The number of fused-ring (bicyclic) bond motifs is 1. The van der Waals surface area contributed by atoms with Gasteiger partial charge in [0.25, 0.3) is 5.56 Å². The van der Waals surface area contributed by atoms with Gasteiger partial charge in [0.05, 0.1) is 37.1 Å². The zero-order valence-corrected chi connectivity index (χ0v) is 17.9. The highest BCUT2D eigenvalue weighted by molar-refractivity contribution is 5.91. The minimum atomic E-state index is -0.541. The molecule has 1 N–H and O–H groups in total. The Morgan fingerprint density at radius 2 is 2.03 bits per heavy atom. The van der Waals surface area contributed by atoms with Gasteiger partial charge in [0.15, 0.2) is 5.52 Å². The molecule has 10 nitrogen and oxygen atoms in total. The molecule has 0 aromatic carbocycles. The number of pyridine rings is 1. The van der Waals surface area contributed by atoms with Gasteiger partial charge < -0.3 is 19.4 Å². The lowest BCUT2D eigenvalue weighted by Crippen LogP contribution is -2.20. The van der Waals surface area contributed by atoms with Gasteiger partial charge in [-0.25, -0.2) is 14.8 Å². The molecule has 0 spiro atoms. The van der Waals surface area contributed by atoms with E-state index in [-0.39, 0.29) is 28.3 Å². The van der Waals surface area contributed by atoms with E-state index in [1.807, 2.05) is 37.5 Å². The number of H-pyrrole nitrogens is 1. The fourth-order valence-corrected chi connectivity index (χ4v) is 3.12. The number of hydrogen-bond acceptors (Lipinski definition) is 8. The zero-order valence-electron chi connectivity index (χ0n) is 17.9. The first kappa shape index (κ1) is 21.4. The fraction of sp³-hybridized carbons (Fsp3) is 0.450. The number of aromatic amines is 1. The van der Waals surface area contributed by atoms with Crippen molar-refractivity contribution in [3.8, 4) is 17.3 Å². The fourth-order valence-electron chi connectivity index (χ4n) is 3.12. The lowest BCUT2D eigenvalue weighted by molar-refractivity contribution is 0.0600. The van der Waals surface area contributed by atoms with E-state index in [0.29, 0.717) is 30.7 Å². The van der Waals surface area contributed by atoms with Crippen molar-refractivity contribution in [1.29, 1.82) is 0 Å². The number of carbonyl (C=O) groups is 1. The smallest absolute Gasteiger partial charge is 0.339 e. The monoisotopic (exact) mass is 414 g/mol. The lowest BCUT2D eigenvalue weighted by atomic mass is 10.1. The summed E-state index contributed by atoms with van der Waals surface area (Å²) in [5.41, 5.74) is 1.96. The molecule has 0 aliphatic rings. The maximum atomic E-state index is 12.8. The molecule has 0 atom stereocenters. The van der Waals surface area contributed by atoms with Gasteiger partial charge in [-0.3, -0.25) is 9.48 Å². The van der Waals surface area contributed by atoms with E-state index in [9.17, 15) is 9.59 Å². The van der Waals surface area contributed by atoms with Crippen molar-refractivity contribution in [3.63, 3.8) is 0 Å². The third-order valence-corrected chi connectivity index (χ3v) is 4.60. The largest absolute Gasteiger partial charge is 0.477 e. The second-order valence-corrected chi connectivity index (χ2v) is 6.94. The van der Waals surface area contributed by atoms with Crippen molar-refractivity contribution in [1.82, 2.24) is 29.6 Å². The maximum Gasteiger partial charge on any atom is 0.339 e. The molecular formula is C20H26N6O4. The summed E-state index contributed by atoms with van der Waals surface area (Å²) >= 11 is 0. The van der Waals surface area contributed by atoms with E-state index in [4.69, 9.17) is 9.47 Å². The quantitative estimate of drug-likeness (QED) is 0.551. The number of methoxy groups -OCH3 is 1. The number of esters is 1. The van der Waals surface area contributed by atoms with E-state index in [1.54, 1.807) is 6.07 Å². The average molecular weight is 414 g/mol. The summed E-state index contributed by atoms with van der Waals surface area (Å²) in [6, 6.07) is 1.55. The Kier molecular flexibility index (Phi) is 6.46. The normalized spacial score (nSPS) is 11.3. The Morgan fingerprint density at radius 3 is 2.67 bits per heavy atom. The standard InChI is InChI=1S/C20H26N6O4/c1-6-14-15-16(24-26(14)9-8-25(3)4)18(27)23-17(22-15)13-10-12(20(28)29-5)11-21-19(13)30-7-2/h10-11H,6-9H2,1-5H3,(H,22,23,27). The second kappa shape index (κ2) is 9.04. The highest BCUT2D eigenvalue weighted by atomic mass is 16.5. The number of carbonyl (C=O) groups excluding carboxylic acids is 1. The number of aryl methyl sites for hydroxylation is 1. The molecule has 0 amide bonds. The number of rotatable bonds is 8. The van der Waals surface area contributed by atoms with E-state index in [0.717, 1.165) is 12.2 Å². The van der Waals surface area contributed by atoms with Crippen molar-refractivity contribution in [2.45, 2.75) is 26.8 Å². The van der Waals surface area contributed by atoms with Gasteiger partial charge in [0, 0.05) is 12.7 Å². The highest BCUT2D eigenvalue weighted by Gasteiger charge is 2.20. The number of ether oxygens (including phenoxy) is 2. The molecule has 0 radical (unpaired) electrons. The molecule has 0 saturated carbocycles. The first-order chi connectivity index (χ1) is 14.4. The summed E-state index contributed by atoms with van der Waals surface area (Å²) in [7, 11) is 5.25. The van der Waals surface area contributed by atoms with Crippen LogP contribution < -0.4 is 10.3 Å². The van der Waals surface area contributed by atoms with Crippen LogP contribution in [0.4, 0.5) is 0 Å². The first-order valence-electron chi connectivity index (χ1n) is 9.75. The van der Waals surface area contributed by atoms with Crippen molar-refractivity contribution >= 4 is 17.0 Å². The predicted molar refractivity (Wildman–Crippen MR) is 112 cm³/mol. The van der Waals surface area contributed by atoms with Crippen LogP contribution in [0.3, 0.4) is 0 Å². The van der Waals surface area contributed by atoms with Gasteiger partial charge in [0.1, 0.15) is 11.3 Å². The molecule has 30 heavy (non-hydrogen) atoms. The van der Waals surface area contributed by atoms with Crippen LogP contribution in [0.25, 0.3) is 22.4 Å². The molecule has 3 heterocycles. The van der Waals surface area contributed by atoms with Crippen LogP contribution in [0.2, 0.25) is 0 Å². The van der Waals surface area contributed by atoms with Crippen LogP contribution in [-0.2, 0) is 17.7 Å². The zero-order chi connectivity index (χ0) is 21.8. The summed E-state index contributed by atoms with van der Waals surface area (Å²) in [6.45, 7) is 5.61. The van der Waals surface area contributed by atoms with Gasteiger partial charge in [-0.15, -0.1) is 0 Å². The summed E-state index contributed by atoms with van der Waals surface area (Å²) in [5.74, 6) is -0.0114. The van der Waals surface area contributed by atoms with Crippen LogP contribution in [0.15, 0.2) is 17.1 Å². The number of hydrogen-bond donors (Lipinski definition) is 1. The molecule has 0 unspecified atom stereocenters. The molecule has 0 saturated heterocycles. The molecule has 3 aromatic rings. The number of nitrogens with one attached hydrogen (secondary N) is 1. The predicted octanol–water partition coefficient (Wildman–Crippen LogP) is 1.49. The molecule has 3 aromatic heterocycles. The van der Waals surface area contributed by atoms with Crippen LogP contribution in [-0.4, -0.2) is 70.0 Å². The number of aromatic nitrogens is 5. The Labute approximate surface area is 173 Å². The number of nitrogens with zero attached hydrogens (tertiary/aromatic N) is 5. The second-order valence-electron chi connectivity index (χ2n) is 6.94. The maximum absolute atomic E-state index is 12.8. The molecular weight excluding hydrogens is 388 g/mol. The summed E-state index contributed by atoms with van der Waals surface area (Å²) in [5, 5.41) is 4.47. The Hall–Kier alpha value is -3.27. The topological polar surface area (TPSA) is 115 Å². The summed E-state index contributed by atoms with van der Waals surface area (Å²) in [6.07, 6.45) is 2.03. The van der Waals surface area contributed by atoms with Gasteiger partial charge >= 0.3 is 5.97 Å². The van der Waals surface area contributed by atoms with Crippen molar-refractivity contribution in [2.24, 2.45) is 0 Å². The van der Waals surface area contributed by atoms with Crippen LogP contribution in [0, 0.1) is 0 Å². The lowest BCUT2D eigenvalue weighted by Gasteiger charge is -2.11. The van der Waals surface area contributed by atoms with Crippen LogP contribution >= 0.6 is 0 Å². The molecule has 10 heteroatoms. The van der Waals surface area contributed by atoms with Crippen LogP contribution in [0.5, 0.6) is 5.88 Å². The molecule has 160 valence electrons. The van der Waals surface area contributed by atoms with Gasteiger partial charge in [-0.05, 0) is 33.5 Å². The third-order valence-electron chi connectivity index (χ3n) is 4.60. The van der Waals surface area contributed by atoms with E-state index >= 15 is 0 Å². The Bertz CT molecular complexity index is 1120. The van der Waals surface area contributed by atoms with E-state index in [1.165, 1.54) is 13.3 Å². The Balaban J connectivity index is 2.19. The third kappa shape index (κ3) is 4.18. The molecule has 0 bridgehead atoms. The minimum absolute atomic E-state index is 0.232. The molecule has 3 rings (SSSR count). The molecule has 0 aliphatic heterocycles. The average Bonchev–Trinajstić information content (AvgIpc) is 3.10. The van der Waals surface area contributed by atoms with Gasteiger partial charge in [0.2, 0.25) is 5.88 Å². The summed E-state index contributed by atoms with van der Waals surface area (Å²) in [4.78, 5) is 38.4.